The lowest BCUT2D eigenvalue weighted by Gasteiger charge is -2.11. The van der Waals surface area contributed by atoms with Crippen molar-refractivity contribution in [1.82, 2.24) is 0 Å². The monoisotopic (exact) mass is 292 g/mol. The van der Waals surface area contributed by atoms with Crippen molar-refractivity contribution in [3.63, 3.8) is 0 Å². The molecule has 0 amide bonds. The lowest BCUT2D eigenvalue weighted by atomic mass is 10.1. The van der Waals surface area contributed by atoms with E-state index in [-0.39, 0.29) is 17.9 Å². The maximum Gasteiger partial charge on any atom is 0.446 e. The molecule has 0 heterocycles. The minimum Gasteiger partial charge on any atom is -0.493 e. The van der Waals surface area contributed by atoms with Gasteiger partial charge >= 0.3 is 16.4 Å². The van der Waals surface area contributed by atoms with Crippen molar-refractivity contribution >= 4 is 16.4 Å². The number of aliphatic carboxylic acids is 1. The number of aliphatic hydroxyl groups excluding tert-OH is 1. The van der Waals surface area contributed by atoms with Crippen LogP contribution in [0, 0.1) is 0 Å². The molecule has 0 aromatic heterocycles. The molecule has 9 heteroatoms. The van der Waals surface area contributed by atoms with Crippen molar-refractivity contribution in [2.45, 2.75) is 12.5 Å². The average molecular weight is 292 g/mol. The van der Waals surface area contributed by atoms with E-state index in [0.29, 0.717) is 5.56 Å². The van der Waals surface area contributed by atoms with Gasteiger partial charge in [0.1, 0.15) is 0 Å². The molecule has 0 saturated carbocycles. The number of methoxy groups -OCH3 is 1. The summed E-state index contributed by atoms with van der Waals surface area (Å²) in [6.07, 6.45) is -1.88. The highest BCUT2D eigenvalue weighted by atomic mass is 32.3. The predicted molar refractivity (Wildman–Crippen MR) is 62.5 cm³/mol. The molecule has 0 aliphatic carbocycles. The van der Waals surface area contributed by atoms with Gasteiger partial charge in [0.2, 0.25) is 0 Å². The molecule has 1 rings (SSSR count). The van der Waals surface area contributed by atoms with E-state index in [4.69, 9.17) is 14.4 Å². The van der Waals surface area contributed by atoms with Crippen molar-refractivity contribution < 1.29 is 36.9 Å². The lowest BCUT2D eigenvalue weighted by molar-refractivity contribution is -0.146. The maximum atomic E-state index is 10.6. The Kier molecular flexibility index (Phi) is 4.70. The quantitative estimate of drug-likeness (QED) is 0.618. The Labute approximate surface area is 109 Å². The minimum atomic E-state index is -4.73. The van der Waals surface area contributed by atoms with Crippen molar-refractivity contribution in [3.05, 3.63) is 23.8 Å². The van der Waals surface area contributed by atoms with Crippen LogP contribution in [0.25, 0.3) is 0 Å². The summed E-state index contributed by atoms with van der Waals surface area (Å²) in [5.74, 6) is -1.68. The number of aliphatic hydroxyl groups is 1. The van der Waals surface area contributed by atoms with Gasteiger partial charge in [0.05, 0.1) is 7.11 Å². The third kappa shape index (κ3) is 4.73. The van der Waals surface area contributed by atoms with Gasteiger partial charge < -0.3 is 19.1 Å². The molecule has 1 unspecified atom stereocenters. The normalized spacial score (nSPS) is 12.8. The number of benzene rings is 1. The second-order valence-electron chi connectivity index (χ2n) is 3.55. The molecule has 0 saturated heterocycles. The Bertz CT molecular complexity index is 565. The van der Waals surface area contributed by atoms with E-state index in [1.54, 1.807) is 0 Å². The van der Waals surface area contributed by atoms with Crippen LogP contribution in [-0.2, 0) is 21.6 Å². The smallest absolute Gasteiger partial charge is 0.446 e. The number of hydrogen-bond acceptors (Lipinski definition) is 6. The summed E-state index contributed by atoms with van der Waals surface area (Å²) >= 11 is 0. The summed E-state index contributed by atoms with van der Waals surface area (Å²) in [7, 11) is -3.47. The largest absolute Gasteiger partial charge is 0.493 e. The van der Waals surface area contributed by atoms with Gasteiger partial charge in [-0.05, 0) is 17.7 Å². The Hall–Kier alpha value is -1.84. The summed E-state index contributed by atoms with van der Waals surface area (Å²) in [6, 6.07) is 3.91. The highest BCUT2D eigenvalue weighted by Gasteiger charge is 2.17. The molecule has 0 radical (unpaired) electrons. The van der Waals surface area contributed by atoms with Crippen LogP contribution in [0.4, 0.5) is 0 Å². The van der Waals surface area contributed by atoms with E-state index >= 15 is 0 Å². The van der Waals surface area contributed by atoms with Gasteiger partial charge in [0.25, 0.3) is 0 Å². The van der Waals surface area contributed by atoms with E-state index in [1.807, 2.05) is 0 Å². The Morgan fingerprint density at radius 3 is 2.47 bits per heavy atom. The first-order valence-electron chi connectivity index (χ1n) is 4.97. The van der Waals surface area contributed by atoms with E-state index in [9.17, 15) is 18.3 Å². The topological polar surface area (TPSA) is 130 Å². The molecule has 106 valence electrons. The Morgan fingerprint density at radius 1 is 1.37 bits per heavy atom. The minimum absolute atomic E-state index is 0.0335. The summed E-state index contributed by atoms with van der Waals surface area (Å²) in [5.41, 5.74) is 0.300. The number of carboxylic acids is 1. The van der Waals surface area contributed by atoms with E-state index in [2.05, 4.69) is 4.18 Å². The fraction of sp³-hybridized carbons (Fsp3) is 0.300. The highest BCUT2D eigenvalue weighted by Crippen LogP contribution is 2.29. The zero-order chi connectivity index (χ0) is 14.6. The van der Waals surface area contributed by atoms with Crippen LogP contribution in [0.2, 0.25) is 0 Å². The van der Waals surface area contributed by atoms with Crippen LogP contribution in [0.3, 0.4) is 0 Å². The molecule has 1 aromatic carbocycles. The molecule has 0 fully saturated rings. The average Bonchev–Trinajstić information content (AvgIpc) is 2.27. The third-order valence-corrected chi connectivity index (χ3v) is 2.53. The molecule has 0 aliphatic heterocycles. The van der Waals surface area contributed by atoms with Crippen LogP contribution in [-0.4, -0.2) is 42.4 Å². The molecule has 8 nitrogen and oxygen atoms in total. The summed E-state index contributed by atoms with van der Waals surface area (Å²) < 4.78 is 39.0. The molecule has 0 aliphatic rings. The predicted octanol–water partition coefficient (Wildman–Crippen LogP) is -0.135. The molecule has 0 bridgehead atoms. The number of carbonyl (C=O) groups is 1. The maximum absolute atomic E-state index is 10.6. The number of hydrogen-bond donors (Lipinski definition) is 3. The van der Waals surface area contributed by atoms with Crippen molar-refractivity contribution in [1.29, 1.82) is 0 Å². The standard InChI is InChI=1S/C10H12O8S/c1-17-8-3-2-6(4-7(11)10(12)13)5-9(8)18-19(14,15)16/h2-3,5,7,11H,4H2,1H3,(H,12,13)(H,14,15,16). The van der Waals surface area contributed by atoms with Crippen molar-refractivity contribution in [2.24, 2.45) is 0 Å². The first kappa shape index (κ1) is 15.2. The highest BCUT2D eigenvalue weighted by molar-refractivity contribution is 7.81. The van der Waals surface area contributed by atoms with Gasteiger partial charge in [0.15, 0.2) is 17.6 Å². The fourth-order valence-electron chi connectivity index (χ4n) is 1.34. The van der Waals surface area contributed by atoms with Crippen LogP contribution in [0.1, 0.15) is 5.56 Å². The van der Waals surface area contributed by atoms with Crippen LogP contribution in [0.5, 0.6) is 11.5 Å². The van der Waals surface area contributed by atoms with Gasteiger partial charge in [-0.2, -0.15) is 8.42 Å². The first-order chi connectivity index (χ1) is 8.73. The summed E-state index contributed by atoms with van der Waals surface area (Å²) in [5, 5.41) is 17.7. The number of ether oxygens (including phenoxy) is 1. The Balaban J connectivity index is 3.04. The molecule has 1 atom stereocenters. The SMILES string of the molecule is COc1ccc(CC(O)C(=O)O)cc1OS(=O)(=O)O. The Morgan fingerprint density at radius 2 is 2.00 bits per heavy atom. The first-order valence-corrected chi connectivity index (χ1v) is 6.34. The second kappa shape index (κ2) is 5.87. The lowest BCUT2D eigenvalue weighted by Crippen LogP contribution is -2.22. The number of rotatable bonds is 6. The van der Waals surface area contributed by atoms with Gasteiger partial charge in [-0.1, -0.05) is 6.07 Å². The molecule has 3 N–H and O–H groups in total. The molecular formula is C10H12O8S. The van der Waals surface area contributed by atoms with Crippen LogP contribution < -0.4 is 8.92 Å². The van der Waals surface area contributed by atoms with Gasteiger partial charge in [-0.15, -0.1) is 0 Å². The zero-order valence-corrected chi connectivity index (χ0v) is 10.6. The van der Waals surface area contributed by atoms with E-state index in [1.165, 1.54) is 19.2 Å². The zero-order valence-electron chi connectivity index (χ0n) is 9.81. The van der Waals surface area contributed by atoms with Gasteiger partial charge in [0, 0.05) is 6.42 Å². The summed E-state index contributed by atoms with van der Waals surface area (Å²) in [4.78, 5) is 10.5. The van der Waals surface area contributed by atoms with Gasteiger partial charge in [-0.3, -0.25) is 4.55 Å². The third-order valence-electron chi connectivity index (χ3n) is 2.14. The van der Waals surface area contributed by atoms with Crippen molar-refractivity contribution in [2.75, 3.05) is 7.11 Å². The van der Waals surface area contributed by atoms with E-state index < -0.39 is 22.5 Å². The van der Waals surface area contributed by atoms with E-state index in [0.717, 1.165) is 6.07 Å². The summed E-state index contributed by atoms with van der Waals surface area (Å²) in [6.45, 7) is 0. The van der Waals surface area contributed by atoms with Crippen LogP contribution in [0.15, 0.2) is 18.2 Å². The molecular weight excluding hydrogens is 280 g/mol. The van der Waals surface area contributed by atoms with Crippen LogP contribution >= 0.6 is 0 Å². The fourth-order valence-corrected chi connectivity index (χ4v) is 1.69. The molecule has 1 aromatic rings. The van der Waals surface area contributed by atoms with Crippen molar-refractivity contribution in [3.8, 4) is 11.5 Å². The second-order valence-corrected chi connectivity index (χ2v) is 4.58. The number of carboxylic acid groups (broad SMARTS) is 1. The van der Waals surface area contributed by atoms with Gasteiger partial charge in [-0.25, -0.2) is 4.79 Å². The molecule has 19 heavy (non-hydrogen) atoms. The molecule has 0 spiro atoms.